The Hall–Kier alpha value is -4.26. The Bertz CT molecular complexity index is 1260. The Morgan fingerprint density at radius 3 is 2.14 bits per heavy atom. The van der Waals surface area contributed by atoms with Gasteiger partial charge >= 0.3 is 5.97 Å². The van der Waals surface area contributed by atoms with Crippen molar-refractivity contribution in [2.45, 2.75) is 38.8 Å². The van der Waals surface area contributed by atoms with E-state index in [0.717, 1.165) is 28.0 Å². The molecule has 0 bridgehead atoms. The van der Waals surface area contributed by atoms with E-state index in [9.17, 15) is 19.5 Å². The highest BCUT2D eigenvalue weighted by Gasteiger charge is 2.22. The van der Waals surface area contributed by atoms with Crippen LogP contribution < -0.4 is 5.32 Å². The van der Waals surface area contributed by atoms with Crippen LogP contribution in [0.4, 0.5) is 0 Å². The van der Waals surface area contributed by atoms with Gasteiger partial charge in [0, 0.05) is 19.4 Å². The van der Waals surface area contributed by atoms with Crippen LogP contribution in [0, 0.1) is 0 Å². The van der Waals surface area contributed by atoms with Gasteiger partial charge in [0.15, 0.2) is 0 Å². The summed E-state index contributed by atoms with van der Waals surface area (Å²) < 4.78 is 0. The highest BCUT2D eigenvalue weighted by molar-refractivity contribution is 6.04. The second-order valence-electron chi connectivity index (χ2n) is 8.52. The molecule has 35 heavy (non-hydrogen) atoms. The number of carboxylic acid groups (broad SMARTS) is 1. The third-order valence-corrected chi connectivity index (χ3v) is 5.91. The van der Waals surface area contributed by atoms with E-state index >= 15 is 0 Å². The van der Waals surface area contributed by atoms with Gasteiger partial charge in [-0.15, -0.1) is 0 Å². The smallest absolute Gasteiger partial charge is 0.336 e. The summed E-state index contributed by atoms with van der Waals surface area (Å²) in [5, 5.41) is 16.2. The van der Waals surface area contributed by atoms with Crippen LogP contribution in [0.3, 0.4) is 0 Å². The number of ketones is 1. The fraction of sp³-hybridized carbons (Fsp3) is 0.214. The maximum Gasteiger partial charge on any atom is 0.336 e. The monoisotopic (exact) mass is 470 g/mol. The molecule has 1 aliphatic heterocycles. The highest BCUT2D eigenvalue weighted by Crippen LogP contribution is 2.24. The predicted molar refractivity (Wildman–Crippen MR) is 132 cm³/mol. The molecule has 0 unspecified atom stereocenters. The fourth-order valence-electron chi connectivity index (χ4n) is 3.93. The molecule has 0 saturated carbocycles. The van der Waals surface area contributed by atoms with E-state index in [1.807, 2.05) is 48.5 Å². The van der Waals surface area contributed by atoms with Crippen molar-refractivity contribution in [1.29, 1.82) is 0 Å². The van der Waals surface area contributed by atoms with Gasteiger partial charge in [-0.3, -0.25) is 4.79 Å². The summed E-state index contributed by atoms with van der Waals surface area (Å²) in [4.78, 5) is 40.4. The molecule has 0 radical (unpaired) electrons. The lowest BCUT2D eigenvalue weighted by Gasteiger charge is -2.09. The van der Waals surface area contributed by atoms with Crippen LogP contribution in [-0.4, -0.2) is 34.6 Å². The largest absolute Gasteiger partial charge is 0.478 e. The van der Waals surface area contributed by atoms with E-state index in [0.29, 0.717) is 19.3 Å². The molecule has 2 N–H and O–H groups in total. The topological polar surface area (TPSA) is 105 Å². The molecule has 7 nitrogen and oxygen atoms in total. The number of carbonyl (C=O) groups excluding carboxylic acids is 2. The van der Waals surface area contributed by atoms with Crippen LogP contribution >= 0.6 is 0 Å². The minimum absolute atomic E-state index is 0.0227. The zero-order valence-corrected chi connectivity index (χ0v) is 19.4. The van der Waals surface area contributed by atoms with Gasteiger partial charge in [-0.05, 0) is 47.7 Å². The summed E-state index contributed by atoms with van der Waals surface area (Å²) in [5.74, 6) is -1.40. The Kier molecular flexibility index (Phi) is 7.35. The predicted octanol–water partition coefficient (Wildman–Crippen LogP) is 4.84. The van der Waals surface area contributed by atoms with Crippen molar-refractivity contribution in [3.05, 3.63) is 95.1 Å². The molecule has 0 aromatic heterocycles. The molecule has 1 heterocycles. The molecular weight excluding hydrogens is 444 g/mol. The number of carbonyl (C=O) groups is 3. The summed E-state index contributed by atoms with van der Waals surface area (Å²) in [6, 6.07) is 22.1. The minimum Gasteiger partial charge on any atom is -0.478 e. The second kappa shape index (κ2) is 10.8. The number of aromatic carboxylic acids is 1. The van der Waals surface area contributed by atoms with Gasteiger partial charge in [0.2, 0.25) is 0 Å². The van der Waals surface area contributed by atoms with Crippen LogP contribution in [0.1, 0.15) is 58.0 Å². The summed E-state index contributed by atoms with van der Waals surface area (Å²) in [5.41, 5.74) is 4.99. The van der Waals surface area contributed by atoms with E-state index in [4.69, 9.17) is 4.84 Å². The molecule has 0 fully saturated rings. The number of oxime groups is 1. The molecule has 178 valence electrons. The van der Waals surface area contributed by atoms with Crippen molar-refractivity contribution < 1.29 is 24.3 Å². The molecule has 1 amide bonds. The van der Waals surface area contributed by atoms with Crippen LogP contribution in [-0.2, 0) is 16.2 Å². The molecule has 1 aliphatic rings. The quantitative estimate of drug-likeness (QED) is 0.465. The van der Waals surface area contributed by atoms with Crippen LogP contribution in [0.5, 0.6) is 0 Å². The number of hydrogen-bond donors (Lipinski definition) is 2. The lowest BCUT2D eigenvalue weighted by atomic mass is 9.98. The van der Waals surface area contributed by atoms with E-state index in [-0.39, 0.29) is 29.6 Å². The maximum absolute atomic E-state index is 12.5. The number of nitrogens with zero attached hydrogens (tertiary/aromatic N) is 1. The van der Waals surface area contributed by atoms with Gasteiger partial charge in [0.05, 0.1) is 16.8 Å². The molecular formula is C28H26N2O5. The molecule has 0 saturated heterocycles. The number of carboxylic acids is 1. The Labute approximate surface area is 203 Å². The van der Waals surface area contributed by atoms with Crippen molar-refractivity contribution in [3.8, 4) is 11.1 Å². The molecule has 0 spiro atoms. The van der Waals surface area contributed by atoms with Crippen molar-refractivity contribution >= 4 is 23.4 Å². The van der Waals surface area contributed by atoms with Gasteiger partial charge < -0.3 is 20.1 Å². The maximum atomic E-state index is 12.5. The van der Waals surface area contributed by atoms with Gasteiger partial charge in [-0.2, -0.15) is 0 Å². The zero-order chi connectivity index (χ0) is 24.8. The fourth-order valence-corrected chi connectivity index (χ4v) is 3.93. The van der Waals surface area contributed by atoms with Crippen LogP contribution in [0.15, 0.2) is 78.0 Å². The Morgan fingerprint density at radius 2 is 1.51 bits per heavy atom. The number of Topliss-reactive ketones (excluding diaryl/α,β-unsaturated/α-hetero) is 1. The standard InChI is InChI=1S/C28H26N2O5/c1-18(31)6-15-23-16-26(30-35-23)22-13-11-21(12-14-22)20-9-7-19(8-10-20)17-29-27(32)24-4-2-3-5-25(24)28(33)34/h2-5,7-14,23H,6,15-17H2,1H3,(H,29,32)(H,33,34)/t23-/m0/s1. The van der Waals surface area contributed by atoms with E-state index < -0.39 is 11.9 Å². The summed E-state index contributed by atoms with van der Waals surface area (Å²) in [6.45, 7) is 1.87. The molecule has 4 rings (SSSR count). The summed E-state index contributed by atoms with van der Waals surface area (Å²) in [6.07, 6.45) is 1.84. The molecule has 3 aromatic rings. The number of amides is 1. The Morgan fingerprint density at radius 1 is 0.914 bits per heavy atom. The second-order valence-corrected chi connectivity index (χ2v) is 8.52. The molecule has 1 atom stereocenters. The number of benzene rings is 3. The van der Waals surface area contributed by atoms with E-state index in [1.54, 1.807) is 19.1 Å². The van der Waals surface area contributed by atoms with E-state index in [2.05, 4.69) is 10.5 Å². The van der Waals surface area contributed by atoms with Crippen molar-refractivity contribution in [2.24, 2.45) is 5.16 Å². The zero-order valence-electron chi connectivity index (χ0n) is 19.4. The van der Waals surface area contributed by atoms with Gasteiger partial charge in [0.25, 0.3) is 5.91 Å². The van der Waals surface area contributed by atoms with E-state index in [1.165, 1.54) is 12.1 Å². The number of nitrogens with one attached hydrogen (secondary N) is 1. The average molecular weight is 471 g/mol. The summed E-state index contributed by atoms with van der Waals surface area (Å²) >= 11 is 0. The van der Waals surface area contributed by atoms with Gasteiger partial charge in [0.1, 0.15) is 11.9 Å². The average Bonchev–Trinajstić information content (AvgIpc) is 3.35. The lowest BCUT2D eigenvalue weighted by molar-refractivity contribution is -0.117. The van der Waals surface area contributed by atoms with Crippen LogP contribution in [0.25, 0.3) is 11.1 Å². The van der Waals surface area contributed by atoms with Crippen LogP contribution in [0.2, 0.25) is 0 Å². The van der Waals surface area contributed by atoms with Crippen molar-refractivity contribution in [3.63, 3.8) is 0 Å². The SMILES string of the molecule is CC(=O)CC[C@H]1CC(c2ccc(-c3ccc(CNC(=O)c4ccccc4C(=O)O)cc3)cc2)=NO1. The number of rotatable bonds is 9. The first-order chi connectivity index (χ1) is 16.9. The summed E-state index contributed by atoms with van der Waals surface area (Å²) in [7, 11) is 0. The van der Waals surface area contributed by atoms with Gasteiger partial charge in [-0.1, -0.05) is 65.8 Å². The van der Waals surface area contributed by atoms with Gasteiger partial charge in [-0.25, -0.2) is 4.79 Å². The molecule has 0 aliphatic carbocycles. The normalized spacial score (nSPS) is 14.7. The van der Waals surface area contributed by atoms with Crippen molar-refractivity contribution in [2.75, 3.05) is 0 Å². The first-order valence-corrected chi connectivity index (χ1v) is 11.4. The lowest BCUT2D eigenvalue weighted by Crippen LogP contribution is -2.24. The molecule has 7 heteroatoms. The third kappa shape index (κ3) is 6.00. The minimum atomic E-state index is -1.13. The first-order valence-electron chi connectivity index (χ1n) is 11.4. The van der Waals surface area contributed by atoms with Crippen molar-refractivity contribution in [1.82, 2.24) is 5.32 Å². The first kappa shape index (κ1) is 23.9. The molecule has 3 aromatic carbocycles. The third-order valence-electron chi connectivity index (χ3n) is 5.91. The number of hydrogen-bond acceptors (Lipinski definition) is 5. The Balaban J connectivity index is 1.34. The highest BCUT2D eigenvalue weighted by atomic mass is 16.6.